The number of hydrogen-bond acceptors (Lipinski definition) is 6. The molecule has 0 saturated carbocycles. The van der Waals surface area contributed by atoms with E-state index in [0.717, 1.165) is 0 Å². The fraction of sp³-hybridized carbons (Fsp3) is 0. The summed E-state index contributed by atoms with van der Waals surface area (Å²) in [5, 5.41) is 0. The van der Waals surface area contributed by atoms with Crippen LogP contribution in [0.3, 0.4) is 0 Å². The summed E-state index contributed by atoms with van der Waals surface area (Å²) < 4.78 is 26.1. The Hall–Kier alpha value is 2.10. The Morgan fingerprint density at radius 2 is 1.00 bits per heavy atom. The van der Waals surface area contributed by atoms with Gasteiger partial charge in [0, 0.05) is 39.6 Å². The van der Waals surface area contributed by atoms with Gasteiger partial charge < -0.3 is 23.6 Å². The van der Waals surface area contributed by atoms with Crippen molar-refractivity contribution >= 4 is 69.9 Å². The van der Waals surface area contributed by atoms with Crippen molar-refractivity contribution in [3.05, 3.63) is 0 Å². The van der Waals surface area contributed by atoms with Crippen molar-refractivity contribution in [2.24, 2.45) is 0 Å². The quantitative estimate of drug-likeness (QED) is 0.261. The van der Waals surface area contributed by atoms with Crippen molar-refractivity contribution in [2.45, 2.75) is 0 Å². The maximum Gasteiger partial charge on any atom is 0.986 e. The molecule has 6 radical (unpaired) electrons. The SMILES string of the molecule is [Ga].[Ga].[O]1[O][Al]1[O][O][Al]1[O][O]1. The standard InChI is InChI=1S/2Al.2Ga.3O2/c;;;;3*1-2/q2*+3;;;3*-2. The third kappa shape index (κ3) is 4.87. The van der Waals surface area contributed by atoms with Gasteiger partial charge in [-0.25, -0.2) is 0 Å². The maximum atomic E-state index is 4.48. The van der Waals surface area contributed by atoms with E-state index in [0.29, 0.717) is 0 Å². The van der Waals surface area contributed by atoms with Gasteiger partial charge in [-0.15, -0.1) is 0 Å². The minimum atomic E-state index is -1.78. The summed E-state index contributed by atoms with van der Waals surface area (Å²) in [5.74, 6) is 0. The van der Waals surface area contributed by atoms with E-state index in [-0.39, 0.29) is 39.6 Å². The molecule has 2 fully saturated rings. The van der Waals surface area contributed by atoms with Crippen molar-refractivity contribution in [2.75, 3.05) is 0 Å². The van der Waals surface area contributed by atoms with Crippen LogP contribution in [0.5, 0.6) is 0 Å². The van der Waals surface area contributed by atoms with Gasteiger partial charge in [-0.3, -0.25) is 0 Å². The molecule has 10 heavy (non-hydrogen) atoms. The Bertz CT molecular complexity index is 79.7. The molecule has 0 aliphatic carbocycles. The predicted octanol–water partition coefficient (Wildman–Crippen LogP) is -1.93. The van der Waals surface area contributed by atoms with Gasteiger partial charge in [0.1, 0.15) is 0 Å². The van der Waals surface area contributed by atoms with E-state index in [1.807, 2.05) is 0 Å². The van der Waals surface area contributed by atoms with Gasteiger partial charge >= 0.3 is 30.3 Å². The van der Waals surface area contributed by atoms with Gasteiger partial charge in [0.05, 0.1) is 0 Å². The molecule has 10 heteroatoms. The Labute approximate surface area is 92.7 Å². The van der Waals surface area contributed by atoms with Gasteiger partial charge in [-0.05, 0) is 0 Å². The van der Waals surface area contributed by atoms with Crippen molar-refractivity contribution in [1.82, 2.24) is 0 Å². The van der Waals surface area contributed by atoms with Crippen LogP contribution < -0.4 is 0 Å². The first kappa shape index (κ1) is 12.1. The fourth-order valence-electron chi connectivity index (χ4n) is 0.200. The van der Waals surface area contributed by atoms with Gasteiger partial charge in [0.25, 0.3) is 0 Å². The van der Waals surface area contributed by atoms with Crippen LogP contribution in [0.1, 0.15) is 0 Å². The average molecular weight is 289 g/mol. The van der Waals surface area contributed by atoms with Crippen LogP contribution in [-0.4, -0.2) is 69.9 Å². The molecule has 0 spiro atoms. The smallest absolute Gasteiger partial charge is 0.329 e. The minimum absolute atomic E-state index is 0. The predicted molar refractivity (Wildman–Crippen MR) is 29.5 cm³/mol. The summed E-state index contributed by atoms with van der Waals surface area (Å²) in [6.45, 7) is 0. The molecule has 0 unspecified atom stereocenters. The molecule has 0 aromatic carbocycles. The maximum absolute atomic E-state index is 4.48. The first-order valence-electron chi connectivity index (χ1n) is 1.91. The van der Waals surface area contributed by atoms with Crippen LogP contribution in [0.15, 0.2) is 0 Å². The molecular formula is Al2Ga2O6. The van der Waals surface area contributed by atoms with Crippen LogP contribution in [-0.2, 0) is 23.6 Å². The van der Waals surface area contributed by atoms with E-state index in [1.54, 1.807) is 0 Å². The molecular weight excluding hydrogens is 289 g/mol. The first-order chi connectivity index (χ1) is 3.95. The molecule has 0 atom stereocenters. The largest absolute Gasteiger partial charge is 0.986 e. The first-order valence-corrected chi connectivity index (χ1v) is 4.74. The second kappa shape index (κ2) is 5.69. The molecule has 0 aromatic rings. The summed E-state index contributed by atoms with van der Waals surface area (Å²) in [5.41, 5.74) is 0. The second-order valence-electron chi connectivity index (χ2n) is 1.15. The monoisotopic (exact) mass is 288 g/mol. The Balaban J connectivity index is 0.000000405. The fourth-order valence-corrected chi connectivity index (χ4v) is 1.42. The van der Waals surface area contributed by atoms with Crippen molar-refractivity contribution < 1.29 is 23.6 Å². The van der Waals surface area contributed by atoms with E-state index in [9.17, 15) is 0 Å². The van der Waals surface area contributed by atoms with Crippen LogP contribution in [0.4, 0.5) is 0 Å². The second-order valence-corrected chi connectivity index (χ2v) is 3.46. The van der Waals surface area contributed by atoms with Gasteiger partial charge in [0.2, 0.25) is 0 Å². The van der Waals surface area contributed by atoms with Gasteiger partial charge in [-0.1, -0.05) is 0 Å². The molecule has 2 rings (SSSR count). The van der Waals surface area contributed by atoms with E-state index >= 15 is 0 Å². The van der Waals surface area contributed by atoms with Crippen LogP contribution in [0, 0.1) is 0 Å². The van der Waals surface area contributed by atoms with Crippen LogP contribution >= 0.6 is 0 Å². The molecule has 2 aliphatic heterocycles. The summed E-state index contributed by atoms with van der Waals surface area (Å²) >= 11 is -3.57. The van der Waals surface area contributed by atoms with Gasteiger partial charge in [0.15, 0.2) is 0 Å². The normalized spacial score (nSPS) is 19.2. The van der Waals surface area contributed by atoms with Crippen molar-refractivity contribution in [3.8, 4) is 0 Å². The van der Waals surface area contributed by atoms with E-state index < -0.39 is 30.3 Å². The molecule has 0 amide bonds. The molecule has 0 N–H and O–H groups in total. The summed E-state index contributed by atoms with van der Waals surface area (Å²) in [7, 11) is 0. The molecule has 2 saturated heterocycles. The summed E-state index contributed by atoms with van der Waals surface area (Å²) in [6.07, 6.45) is 0. The molecule has 0 aromatic heterocycles. The Morgan fingerprint density at radius 3 is 1.20 bits per heavy atom. The summed E-state index contributed by atoms with van der Waals surface area (Å²) in [6, 6.07) is 0. The Morgan fingerprint density at radius 1 is 0.700 bits per heavy atom. The van der Waals surface area contributed by atoms with E-state index in [1.165, 1.54) is 0 Å². The van der Waals surface area contributed by atoms with Crippen LogP contribution in [0.2, 0.25) is 0 Å². The molecule has 2 aliphatic rings. The summed E-state index contributed by atoms with van der Waals surface area (Å²) in [4.78, 5) is 0. The molecule has 48 valence electrons. The Kier molecular flexibility index (Phi) is 6.89. The third-order valence-corrected chi connectivity index (χ3v) is 2.02. The minimum Gasteiger partial charge on any atom is -0.329 e. The van der Waals surface area contributed by atoms with Crippen LogP contribution in [0.25, 0.3) is 0 Å². The van der Waals surface area contributed by atoms with E-state index in [4.69, 9.17) is 0 Å². The van der Waals surface area contributed by atoms with Crippen molar-refractivity contribution in [3.63, 3.8) is 0 Å². The topological polar surface area (TPSA) is 68.6 Å². The molecule has 2 heterocycles. The molecule has 6 nitrogen and oxygen atoms in total. The number of hydrogen-bond donors (Lipinski definition) is 0. The zero-order valence-electron chi connectivity index (χ0n) is 4.76. The molecule has 0 bridgehead atoms. The van der Waals surface area contributed by atoms with Gasteiger partial charge in [-0.2, -0.15) is 0 Å². The zero-order chi connectivity index (χ0) is 5.40. The number of rotatable bonds is 3. The third-order valence-electron chi connectivity index (χ3n) is 0.562. The zero-order valence-corrected chi connectivity index (χ0v) is 11.9. The average Bonchev–Trinajstić information content (AvgIpc) is 2.60. The van der Waals surface area contributed by atoms with Crippen molar-refractivity contribution in [1.29, 1.82) is 0 Å². The van der Waals surface area contributed by atoms with E-state index in [2.05, 4.69) is 23.6 Å².